The predicted octanol–water partition coefficient (Wildman–Crippen LogP) is 4.54. The summed E-state index contributed by atoms with van der Waals surface area (Å²) in [7, 11) is 3.27. The van der Waals surface area contributed by atoms with Crippen molar-refractivity contribution in [3.05, 3.63) is 63.7 Å². The quantitative estimate of drug-likeness (QED) is 0.408. The van der Waals surface area contributed by atoms with Crippen molar-refractivity contribution in [3.8, 4) is 11.5 Å². The molecule has 142 valence electrons. The Bertz CT molecular complexity index is 842. The number of aliphatic imine (C=N–C) groups is 1. The first-order chi connectivity index (χ1) is 13.1. The molecule has 6 heteroatoms. The lowest BCUT2D eigenvalue weighted by molar-refractivity contribution is -0.384. The molecule has 2 aromatic rings. The highest BCUT2D eigenvalue weighted by atomic mass is 16.6. The molecule has 1 aliphatic rings. The predicted molar refractivity (Wildman–Crippen MR) is 105 cm³/mol. The van der Waals surface area contributed by atoms with Crippen LogP contribution in [0.3, 0.4) is 0 Å². The molecule has 0 heterocycles. The Balaban J connectivity index is 1.83. The fraction of sp³-hybridized carbons (Fsp3) is 0.381. The Morgan fingerprint density at radius 2 is 1.85 bits per heavy atom. The SMILES string of the molecule is COc1ccc(C2(CN=Cc3cccc([N+](=O)[O-])c3)CCCC2)cc1OC. The average molecular weight is 368 g/mol. The van der Waals surface area contributed by atoms with Gasteiger partial charge in [0.15, 0.2) is 11.5 Å². The third kappa shape index (κ3) is 4.10. The molecule has 0 saturated heterocycles. The number of benzene rings is 2. The van der Waals surface area contributed by atoms with Gasteiger partial charge in [-0.1, -0.05) is 31.0 Å². The Kier molecular flexibility index (Phi) is 5.74. The molecule has 0 radical (unpaired) electrons. The number of methoxy groups -OCH3 is 2. The van der Waals surface area contributed by atoms with Crippen molar-refractivity contribution in [2.45, 2.75) is 31.1 Å². The minimum Gasteiger partial charge on any atom is -0.493 e. The number of rotatable bonds is 7. The first-order valence-corrected chi connectivity index (χ1v) is 9.05. The molecular weight excluding hydrogens is 344 g/mol. The monoisotopic (exact) mass is 368 g/mol. The smallest absolute Gasteiger partial charge is 0.270 e. The molecule has 1 aliphatic carbocycles. The van der Waals surface area contributed by atoms with Gasteiger partial charge in [-0.3, -0.25) is 15.1 Å². The minimum absolute atomic E-state index is 0.0310. The summed E-state index contributed by atoms with van der Waals surface area (Å²) in [6.45, 7) is 0.644. The number of hydrogen-bond donors (Lipinski definition) is 0. The van der Waals surface area contributed by atoms with Crippen molar-refractivity contribution in [1.82, 2.24) is 0 Å². The van der Waals surface area contributed by atoms with E-state index in [-0.39, 0.29) is 16.0 Å². The van der Waals surface area contributed by atoms with Gasteiger partial charge in [0, 0.05) is 30.3 Å². The number of hydrogen-bond acceptors (Lipinski definition) is 5. The molecule has 0 N–H and O–H groups in total. The Morgan fingerprint density at radius 1 is 1.11 bits per heavy atom. The zero-order valence-corrected chi connectivity index (χ0v) is 15.7. The van der Waals surface area contributed by atoms with Crippen LogP contribution in [0.15, 0.2) is 47.5 Å². The molecule has 27 heavy (non-hydrogen) atoms. The second-order valence-corrected chi connectivity index (χ2v) is 6.88. The maximum Gasteiger partial charge on any atom is 0.270 e. The maximum absolute atomic E-state index is 10.9. The molecule has 0 bridgehead atoms. The summed E-state index contributed by atoms with van der Waals surface area (Å²) in [4.78, 5) is 15.2. The Morgan fingerprint density at radius 3 is 2.52 bits per heavy atom. The molecule has 0 aliphatic heterocycles. The largest absolute Gasteiger partial charge is 0.493 e. The molecule has 6 nitrogen and oxygen atoms in total. The molecule has 0 spiro atoms. The summed E-state index contributed by atoms with van der Waals surface area (Å²) in [5, 5.41) is 10.9. The molecule has 3 rings (SSSR count). The van der Waals surface area contributed by atoms with Gasteiger partial charge in [0.25, 0.3) is 5.69 Å². The average Bonchev–Trinajstić information content (AvgIpc) is 3.17. The van der Waals surface area contributed by atoms with Crippen LogP contribution in [0.25, 0.3) is 0 Å². The van der Waals surface area contributed by atoms with E-state index in [1.54, 1.807) is 32.6 Å². The van der Waals surface area contributed by atoms with Crippen LogP contribution in [-0.2, 0) is 5.41 Å². The van der Waals surface area contributed by atoms with Crippen LogP contribution in [0, 0.1) is 10.1 Å². The molecule has 2 aromatic carbocycles. The van der Waals surface area contributed by atoms with Crippen LogP contribution in [0.1, 0.15) is 36.8 Å². The maximum atomic E-state index is 10.9. The summed E-state index contributed by atoms with van der Waals surface area (Å²) in [6.07, 6.45) is 6.19. The standard InChI is InChI=1S/C21H24N2O4/c1-26-19-9-8-17(13-20(19)27-2)21(10-3-4-11-21)15-22-14-16-6-5-7-18(12-16)23(24)25/h5-9,12-14H,3-4,10-11,15H2,1-2H3. The lowest BCUT2D eigenvalue weighted by Crippen LogP contribution is -2.26. The minimum atomic E-state index is -0.389. The van der Waals surface area contributed by atoms with Crippen molar-refractivity contribution < 1.29 is 14.4 Å². The van der Waals surface area contributed by atoms with Crippen LogP contribution in [0.5, 0.6) is 11.5 Å². The van der Waals surface area contributed by atoms with Crippen LogP contribution in [-0.4, -0.2) is 31.9 Å². The van der Waals surface area contributed by atoms with E-state index in [1.165, 1.54) is 24.5 Å². The Labute approximate surface area is 159 Å². The van der Waals surface area contributed by atoms with Gasteiger partial charge >= 0.3 is 0 Å². The topological polar surface area (TPSA) is 74.0 Å². The molecule has 0 atom stereocenters. The van der Waals surface area contributed by atoms with Gasteiger partial charge in [0.2, 0.25) is 0 Å². The zero-order chi connectivity index (χ0) is 19.3. The van der Waals surface area contributed by atoms with Crippen molar-refractivity contribution in [2.75, 3.05) is 20.8 Å². The van der Waals surface area contributed by atoms with E-state index < -0.39 is 0 Å². The van der Waals surface area contributed by atoms with Crippen LogP contribution >= 0.6 is 0 Å². The summed E-state index contributed by atoms with van der Waals surface area (Å²) >= 11 is 0. The van der Waals surface area contributed by atoms with E-state index in [1.807, 2.05) is 18.2 Å². The fourth-order valence-corrected chi connectivity index (χ4v) is 3.80. The van der Waals surface area contributed by atoms with Gasteiger partial charge in [0.05, 0.1) is 19.1 Å². The number of nitro groups is 1. The van der Waals surface area contributed by atoms with Crippen LogP contribution in [0.4, 0.5) is 5.69 Å². The highest BCUT2D eigenvalue weighted by molar-refractivity contribution is 5.80. The van der Waals surface area contributed by atoms with Crippen LogP contribution in [0.2, 0.25) is 0 Å². The van der Waals surface area contributed by atoms with Gasteiger partial charge in [0.1, 0.15) is 0 Å². The van der Waals surface area contributed by atoms with E-state index in [0.717, 1.165) is 29.9 Å². The summed E-state index contributed by atoms with van der Waals surface area (Å²) in [5.74, 6) is 1.44. The first kappa shape index (κ1) is 18.9. The van der Waals surface area contributed by atoms with E-state index in [0.29, 0.717) is 6.54 Å². The summed E-state index contributed by atoms with van der Waals surface area (Å²) in [5.41, 5.74) is 1.99. The lowest BCUT2D eigenvalue weighted by atomic mass is 9.79. The van der Waals surface area contributed by atoms with Gasteiger partial charge in [-0.25, -0.2) is 0 Å². The van der Waals surface area contributed by atoms with Gasteiger partial charge in [-0.05, 0) is 36.1 Å². The van der Waals surface area contributed by atoms with E-state index >= 15 is 0 Å². The van der Waals surface area contributed by atoms with Crippen molar-refractivity contribution in [3.63, 3.8) is 0 Å². The summed E-state index contributed by atoms with van der Waals surface area (Å²) < 4.78 is 10.8. The van der Waals surface area contributed by atoms with Crippen molar-refractivity contribution in [1.29, 1.82) is 0 Å². The molecule has 0 unspecified atom stereocenters. The van der Waals surface area contributed by atoms with Gasteiger partial charge < -0.3 is 9.47 Å². The number of nitrogens with zero attached hydrogens (tertiary/aromatic N) is 2. The van der Waals surface area contributed by atoms with Gasteiger partial charge in [-0.15, -0.1) is 0 Å². The second-order valence-electron chi connectivity index (χ2n) is 6.88. The normalized spacial score (nSPS) is 15.8. The Hall–Kier alpha value is -2.89. The van der Waals surface area contributed by atoms with E-state index in [2.05, 4.69) is 11.1 Å². The van der Waals surface area contributed by atoms with E-state index in [9.17, 15) is 10.1 Å². The molecule has 0 aromatic heterocycles. The van der Waals surface area contributed by atoms with Crippen molar-refractivity contribution >= 4 is 11.9 Å². The van der Waals surface area contributed by atoms with Crippen molar-refractivity contribution in [2.24, 2.45) is 4.99 Å². The third-order valence-electron chi connectivity index (χ3n) is 5.27. The highest BCUT2D eigenvalue weighted by Crippen LogP contribution is 2.43. The molecule has 0 amide bonds. The van der Waals surface area contributed by atoms with Gasteiger partial charge in [-0.2, -0.15) is 0 Å². The highest BCUT2D eigenvalue weighted by Gasteiger charge is 2.36. The number of non-ortho nitro benzene ring substituents is 1. The summed E-state index contributed by atoms with van der Waals surface area (Å²) in [6, 6.07) is 12.6. The molecular formula is C21H24N2O4. The number of nitro benzene ring substituents is 1. The molecule has 1 saturated carbocycles. The lowest BCUT2D eigenvalue weighted by Gasteiger charge is -2.28. The fourth-order valence-electron chi connectivity index (χ4n) is 3.80. The zero-order valence-electron chi connectivity index (χ0n) is 15.7. The molecule has 1 fully saturated rings. The third-order valence-corrected chi connectivity index (χ3v) is 5.27. The first-order valence-electron chi connectivity index (χ1n) is 9.05. The second kappa shape index (κ2) is 8.20. The number of ether oxygens (including phenoxy) is 2. The van der Waals surface area contributed by atoms with Crippen LogP contribution < -0.4 is 9.47 Å². The van der Waals surface area contributed by atoms with E-state index in [4.69, 9.17) is 9.47 Å².